The average molecular weight is 467 g/mol. The highest BCUT2D eigenvalue weighted by Crippen LogP contribution is 2.26. The van der Waals surface area contributed by atoms with Crippen molar-refractivity contribution in [3.63, 3.8) is 0 Å². The third kappa shape index (κ3) is 6.36. The van der Waals surface area contributed by atoms with E-state index < -0.39 is 0 Å². The highest BCUT2D eigenvalue weighted by Gasteiger charge is 2.17. The Labute approximate surface area is 199 Å². The second-order valence-electron chi connectivity index (χ2n) is 7.89. The van der Waals surface area contributed by atoms with Crippen LogP contribution >= 0.6 is 11.8 Å². The zero-order chi connectivity index (χ0) is 22.9. The highest BCUT2D eigenvalue weighted by atomic mass is 32.2. The molecule has 0 aliphatic carbocycles. The normalized spacial score (nSPS) is 13.8. The third-order valence-corrected chi connectivity index (χ3v) is 6.63. The number of benzene rings is 2. The Bertz CT molecular complexity index is 1020. The van der Waals surface area contributed by atoms with E-state index in [9.17, 15) is 4.79 Å². The fourth-order valence-corrected chi connectivity index (χ4v) is 4.76. The second kappa shape index (κ2) is 11.9. The molecular formula is C25H30N4O3S. The summed E-state index contributed by atoms with van der Waals surface area (Å²) >= 11 is 1.68. The molecule has 0 atom stereocenters. The number of carbonyl (C=O) groups is 1. The zero-order valence-electron chi connectivity index (χ0n) is 19.0. The molecule has 33 heavy (non-hydrogen) atoms. The van der Waals surface area contributed by atoms with E-state index in [4.69, 9.17) is 9.47 Å². The van der Waals surface area contributed by atoms with Gasteiger partial charge < -0.3 is 14.4 Å². The number of methoxy groups -OCH3 is 1. The largest absolute Gasteiger partial charge is 0.497 e. The van der Waals surface area contributed by atoms with Crippen molar-refractivity contribution in [2.24, 2.45) is 0 Å². The number of amides is 1. The van der Waals surface area contributed by atoms with Crippen LogP contribution in [-0.2, 0) is 16.0 Å². The van der Waals surface area contributed by atoms with Gasteiger partial charge in [0, 0.05) is 37.4 Å². The fourth-order valence-electron chi connectivity index (χ4n) is 3.79. The van der Waals surface area contributed by atoms with E-state index >= 15 is 0 Å². The molecule has 1 fully saturated rings. The first-order valence-corrected chi connectivity index (χ1v) is 12.3. The standard InChI is InChI=1S/C25H30N4O3S/c1-31-22-12-10-21(11-13-22)29-23(19-20-7-3-2-4-8-20)26-27-25(29)33-18-6-5-9-24(30)28-14-16-32-17-15-28/h2-4,7-8,10-13H,5-6,9,14-19H2,1H3. The van der Waals surface area contributed by atoms with Gasteiger partial charge in [0.25, 0.3) is 0 Å². The quantitative estimate of drug-likeness (QED) is 0.332. The molecular weight excluding hydrogens is 436 g/mol. The van der Waals surface area contributed by atoms with Gasteiger partial charge in [0.15, 0.2) is 5.16 Å². The Morgan fingerprint density at radius 1 is 1.03 bits per heavy atom. The molecule has 1 aliphatic rings. The Morgan fingerprint density at radius 3 is 2.52 bits per heavy atom. The molecule has 0 unspecified atom stereocenters. The lowest BCUT2D eigenvalue weighted by Crippen LogP contribution is -2.40. The third-order valence-electron chi connectivity index (χ3n) is 5.62. The molecule has 7 nitrogen and oxygen atoms in total. The molecule has 0 spiro atoms. The van der Waals surface area contributed by atoms with Gasteiger partial charge in [0.05, 0.1) is 20.3 Å². The lowest BCUT2D eigenvalue weighted by atomic mass is 10.1. The number of aromatic nitrogens is 3. The van der Waals surface area contributed by atoms with E-state index in [2.05, 4.69) is 26.9 Å². The van der Waals surface area contributed by atoms with Crippen molar-refractivity contribution in [3.05, 3.63) is 66.0 Å². The minimum atomic E-state index is 0.231. The Balaban J connectivity index is 1.39. The second-order valence-corrected chi connectivity index (χ2v) is 8.96. The summed E-state index contributed by atoms with van der Waals surface area (Å²) in [6.07, 6.45) is 3.11. The first kappa shape index (κ1) is 23.3. The van der Waals surface area contributed by atoms with Crippen LogP contribution in [0.4, 0.5) is 0 Å². The van der Waals surface area contributed by atoms with Crippen LogP contribution in [0.15, 0.2) is 59.8 Å². The number of ether oxygens (including phenoxy) is 2. The van der Waals surface area contributed by atoms with Crippen molar-refractivity contribution in [2.75, 3.05) is 39.2 Å². The summed E-state index contributed by atoms with van der Waals surface area (Å²) in [7, 11) is 1.67. The smallest absolute Gasteiger partial charge is 0.222 e. The number of morpholine rings is 1. The molecule has 0 saturated carbocycles. The van der Waals surface area contributed by atoms with Crippen LogP contribution in [0.2, 0.25) is 0 Å². The monoisotopic (exact) mass is 466 g/mol. The molecule has 4 rings (SSSR count). The van der Waals surface area contributed by atoms with Gasteiger partial charge in [-0.15, -0.1) is 10.2 Å². The first-order valence-electron chi connectivity index (χ1n) is 11.4. The van der Waals surface area contributed by atoms with Crippen LogP contribution in [0.5, 0.6) is 5.75 Å². The van der Waals surface area contributed by atoms with Gasteiger partial charge >= 0.3 is 0 Å². The summed E-state index contributed by atoms with van der Waals surface area (Å²) in [5, 5.41) is 9.87. The Morgan fingerprint density at radius 2 is 1.79 bits per heavy atom. The molecule has 3 aromatic rings. The molecule has 1 aliphatic heterocycles. The number of thioether (sulfide) groups is 1. The summed E-state index contributed by atoms with van der Waals surface area (Å²) in [5.41, 5.74) is 2.20. The van der Waals surface area contributed by atoms with Crippen LogP contribution in [0, 0.1) is 0 Å². The van der Waals surface area contributed by atoms with E-state index in [-0.39, 0.29) is 5.91 Å². The first-order chi connectivity index (χ1) is 16.2. The molecule has 0 bridgehead atoms. The van der Waals surface area contributed by atoms with Gasteiger partial charge in [0.1, 0.15) is 11.6 Å². The van der Waals surface area contributed by atoms with Crippen molar-refractivity contribution < 1.29 is 14.3 Å². The molecule has 174 valence electrons. The van der Waals surface area contributed by atoms with Crippen molar-refractivity contribution in [2.45, 2.75) is 30.8 Å². The van der Waals surface area contributed by atoms with E-state index in [0.29, 0.717) is 39.1 Å². The van der Waals surface area contributed by atoms with Gasteiger partial charge in [-0.25, -0.2) is 0 Å². The van der Waals surface area contributed by atoms with E-state index in [1.165, 1.54) is 5.56 Å². The van der Waals surface area contributed by atoms with E-state index in [0.717, 1.165) is 41.0 Å². The van der Waals surface area contributed by atoms with Crippen LogP contribution in [-0.4, -0.2) is 64.7 Å². The minimum absolute atomic E-state index is 0.231. The molecule has 1 aromatic heterocycles. The van der Waals surface area contributed by atoms with Gasteiger partial charge in [-0.05, 0) is 42.7 Å². The summed E-state index contributed by atoms with van der Waals surface area (Å²) < 4.78 is 12.8. The van der Waals surface area contributed by atoms with E-state index in [1.807, 2.05) is 47.4 Å². The number of unbranched alkanes of at least 4 members (excludes halogenated alkanes) is 1. The maximum Gasteiger partial charge on any atom is 0.222 e. The van der Waals surface area contributed by atoms with Crippen molar-refractivity contribution in [3.8, 4) is 11.4 Å². The average Bonchev–Trinajstić information content (AvgIpc) is 3.27. The summed E-state index contributed by atoms with van der Waals surface area (Å²) in [5.74, 6) is 2.83. The Kier molecular flexibility index (Phi) is 8.38. The molecule has 1 saturated heterocycles. The number of rotatable bonds is 10. The molecule has 1 amide bonds. The number of hydrogen-bond donors (Lipinski definition) is 0. The molecule has 0 N–H and O–H groups in total. The van der Waals surface area contributed by atoms with Crippen LogP contribution in [0.1, 0.15) is 30.7 Å². The summed E-state index contributed by atoms with van der Waals surface area (Å²) in [4.78, 5) is 14.2. The maximum absolute atomic E-state index is 12.3. The lowest BCUT2D eigenvalue weighted by Gasteiger charge is -2.26. The molecule has 2 heterocycles. The van der Waals surface area contributed by atoms with Gasteiger partial charge in [-0.2, -0.15) is 0 Å². The number of nitrogens with zero attached hydrogens (tertiary/aromatic N) is 4. The van der Waals surface area contributed by atoms with Crippen molar-refractivity contribution >= 4 is 17.7 Å². The van der Waals surface area contributed by atoms with Crippen LogP contribution in [0.3, 0.4) is 0 Å². The van der Waals surface area contributed by atoms with Gasteiger partial charge in [-0.1, -0.05) is 42.1 Å². The number of hydrogen-bond acceptors (Lipinski definition) is 6. The number of carbonyl (C=O) groups excluding carboxylic acids is 1. The summed E-state index contributed by atoms with van der Waals surface area (Å²) in [6, 6.07) is 18.3. The van der Waals surface area contributed by atoms with Crippen LogP contribution in [0.25, 0.3) is 5.69 Å². The fraction of sp³-hybridized carbons (Fsp3) is 0.400. The van der Waals surface area contributed by atoms with Crippen molar-refractivity contribution in [1.82, 2.24) is 19.7 Å². The van der Waals surface area contributed by atoms with Crippen molar-refractivity contribution in [1.29, 1.82) is 0 Å². The predicted octanol–water partition coefficient (Wildman–Crippen LogP) is 3.99. The molecule has 2 aromatic carbocycles. The predicted molar refractivity (Wildman–Crippen MR) is 129 cm³/mol. The van der Waals surface area contributed by atoms with Gasteiger partial charge in [0.2, 0.25) is 5.91 Å². The molecule has 0 radical (unpaired) electrons. The van der Waals surface area contributed by atoms with E-state index in [1.54, 1.807) is 18.9 Å². The lowest BCUT2D eigenvalue weighted by molar-refractivity contribution is -0.135. The molecule has 8 heteroatoms. The SMILES string of the molecule is COc1ccc(-n2c(Cc3ccccc3)nnc2SCCCCC(=O)N2CCOCC2)cc1. The topological polar surface area (TPSA) is 69.5 Å². The minimum Gasteiger partial charge on any atom is -0.497 e. The Hall–Kier alpha value is -2.84. The van der Waals surface area contributed by atoms with Crippen LogP contribution < -0.4 is 4.74 Å². The maximum atomic E-state index is 12.3. The van der Waals surface area contributed by atoms with Gasteiger partial charge in [-0.3, -0.25) is 9.36 Å². The highest BCUT2D eigenvalue weighted by molar-refractivity contribution is 7.99. The summed E-state index contributed by atoms with van der Waals surface area (Å²) in [6.45, 7) is 2.72. The zero-order valence-corrected chi connectivity index (χ0v) is 19.8.